The van der Waals surface area contributed by atoms with Gasteiger partial charge in [0.1, 0.15) is 17.1 Å². The zero-order valence-corrected chi connectivity index (χ0v) is 28.4. The van der Waals surface area contributed by atoms with Crippen molar-refractivity contribution < 1.29 is 9.15 Å². The van der Waals surface area contributed by atoms with Crippen molar-refractivity contribution in [3.05, 3.63) is 120 Å². The molecular weight excluding hydrogens is 573 g/mol. The van der Waals surface area contributed by atoms with Crippen LogP contribution in [-0.4, -0.2) is 6.71 Å². The number of furan rings is 1. The molecule has 3 nitrogen and oxygen atoms in total. The standard InChI is InChI=1S/C43H40BNO2/c1-41(2,3)27-19-21-28(22-20-27)45-34-17-12-18-35-38(34)44(33-23-31-32(24-36(33)46-35)43(6,7)25-42(31,4)5)37-30-16-11-15-29(39(30)47-40(37)45)26-13-9-8-10-14-26/h8-24H,25H2,1-7H3. The Balaban J connectivity index is 1.36. The number of ether oxygens (including phenoxy) is 1. The minimum atomic E-state index is -0.0258. The van der Waals surface area contributed by atoms with E-state index in [9.17, 15) is 0 Å². The summed E-state index contributed by atoms with van der Waals surface area (Å²) in [6.07, 6.45) is 1.11. The predicted molar refractivity (Wildman–Crippen MR) is 197 cm³/mol. The smallest absolute Gasteiger partial charge is 0.261 e. The van der Waals surface area contributed by atoms with Crippen molar-refractivity contribution in [1.29, 1.82) is 0 Å². The Kier molecular flexibility index (Phi) is 5.73. The van der Waals surface area contributed by atoms with Gasteiger partial charge in [-0.2, -0.15) is 0 Å². The lowest BCUT2D eigenvalue weighted by molar-refractivity contribution is 0.402. The largest absolute Gasteiger partial charge is 0.458 e. The molecule has 232 valence electrons. The van der Waals surface area contributed by atoms with Crippen LogP contribution >= 0.6 is 0 Å². The summed E-state index contributed by atoms with van der Waals surface area (Å²) in [6.45, 7) is 16.3. The van der Waals surface area contributed by atoms with Gasteiger partial charge in [0.05, 0.1) is 0 Å². The Bertz CT molecular complexity index is 2240. The molecule has 47 heavy (non-hydrogen) atoms. The fourth-order valence-corrected chi connectivity index (χ4v) is 8.90. The van der Waals surface area contributed by atoms with E-state index in [4.69, 9.17) is 9.15 Å². The van der Waals surface area contributed by atoms with Gasteiger partial charge in [0.25, 0.3) is 6.71 Å². The van der Waals surface area contributed by atoms with E-state index < -0.39 is 0 Å². The summed E-state index contributed by atoms with van der Waals surface area (Å²) in [5.41, 5.74) is 13.4. The molecule has 6 aromatic rings. The van der Waals surface area contributed by atoms with Crippen molar-refractivity contribution in [1.82, 2.24) is 0 Å². The molecule has 3 aliphatic rings. The molecule has 0 spiro atoms. The first kappa shape index (κ1) is 28.5. The number of benzene rings is 5. The number of anilines is 3. The Morgan fingerprint density at radius 2 is 1.40 bits per heavy atom. The highest BCUT2D eigenvalue weighted by Gasteiger charge is 2.48. The molecule has 0 amide bonds. The molecule has 0 fully saturated rings. The van der Waals surface area contributed by atoms with Gasteiger partial charge in [-0.3, -0.25) is 4.90 Å². The molecule has 0 saturated heterocycles. The first-order valence-electron chi connectivity index (χ1n) is 16.9. The average Bonchev–Trinajstić information content (AvgIpc) is 3.51. The second kappa shape index (κ2) is 9.44. The Labute approximate surface area is 278 Å². The Morgan fingerprint density at radius 1 is 0.702 bits per heavy atom. The lowest BCUT2D eigenvalue weighted by Gasteiger charge is -2.38. The topological polar surface area (TPSA) is 25.6 Å². The number of para-hydroxylation sites is 1. The van der Waals surface area contributed by atoms with Gasteiger partial charge in [0.15, 0.2) is 0 Å². The average molecular weight is 614 g/mol. The van der Waals surface area contributed by atoms with Crippen LogP contribution in [0.1, 0.15) is 71.6 Å². The highest BCUT2D eigenvalue weighted by molar-refractivity contribution is 7.00. The normalized spacial score (nSPS) is 16.7. The van der Waals surface area contributed by atoms with Crippen molar-refractivity contribution in [2.45, 2.75) is 71.1 Å². The van der Waals surface area contributed by atoms with Crippen LogP contribution in [0, 0.1) is 0 Å². The van der Waals surface area contributed by atoms with E-state index in [0.717, 1.165) is 57.3 Å². The van der Waals surface area contributed by atoms with Gasteiger partial charge in [-0.25, -0.2) is 0 Å². The quantitative estimate of drug-likeness (QED) is 0.182. The van der Waals surface area contributed by atoms with Crippen molar-refractivity contribution in [3.63, 3.8) is 0 Å². The minimum Gasteiger partial charge on any atom is -0.458 e. The van der Waals surface area contributed by atoms with Crippen LogP contribution < -0.4 is 26.0 Å². The van der Waals surface area contributed by atoms with Crippen molar-refractivity contribution in [2.75, 3.05) is 4.90 Å². The summed E-state index contributed by atoms with van der Waals surface area (Å²) < 4.78 is 14.1. The Morgan fingerprint density at radius 3 is 2.13 bits per heavy atom. The number of fused-ring (bicyclic) bond motifs is 7. The van der Waals surface area contributed by atoms with E-state index in [1.807, 2.05) is 0 Å². The lowest BCUT2D eigenvalue weighted by atomic mass is 9.34. The third-order valence-electron chi connectivity index (χ3n) is 10.9. The highest BCUT2D eigenvalue weighted by Crippen LogP contribution is 2.51. The van der Waals surface area contributed by atoms with E-state index >= 15 is 0 Å². The molecule has 0 atom stereocenters. The SMILES string of the molecule is CC(C)(C)c1ccc(N2c3cccc4c3B(c3cc5c(cc3O4)C(C)(C)CC5(C)C)c3c2oc2c(-c4ccccc4)cccc32)cc1. The molecule has 3 heterocycles. The molecule has 2 aliphatic heterocycles. The summed E-state index contributed by atoms with van der Waals surface area (Å²) in [5.74, 6) is 2.77. The van der Waals surface area contributed by atoms with Gasteiger partial charge in [-0.05, 0) is 86.2 Å². The maximum Gasteiger partial charge on any atom is 0.261 e. The van der Waals surface area contributed by atoms with E-state index in [1.165, 1.54) is 33.1 Å². The summed E-state index contributed by atoms with van der Waals surface area (Å²) >= 11 is 0. The molecular formula is C43H40BNO2. The van der Waals surface area contributed by atoms with E-state index in [1.54, 1.807) is 0 Å². The Hall–Kier alpha value is -4.70. The molecule has 1 aliphatic carbocycles. The predicted octanol–water partition coefficient (Wildman–Crippen LogP) is 9.76. The van der Waals surface area contributed by atoms with Crippen LogP contribution in [0.5, 0.6) is 11.5 Å². The summed E-state index contributed by atoms with van der Waals surface area (Å²) in [5, 5.41) is 1.15. The third kappa shape index (κ3) is 4.06. The first-order chi connectivity index (χ1) is 22.4. The van der Waals surface area contributed by atoms with Crippen molar-refractivity contribution >= 4 is 51.3 Å². The van der Waals surface area contributed by atoms with E-state index in [2.05, 4.69) is 156 Å². The van der Waals surface area contributed by atoms with E-state index in [0.29, 0.717) is 0 Å². The fourth-order valence-electron chi connectivity index (χ4n) is 8.90. The van der Waals surface area contributed by atoms with E-state index in [-0.39, 0.29) is 23.0 Å². The number of nitrogens with zero attached hydrogens (tertiary/aromatic N) is 1. The van der Waals surface area contributed by atoms with Crippen molar-refractivity contribution in [2.24, 2.45) is 0 Å². The summed E-state index contributed by atoms with van der Waals surface area (Å²) in [4.78, 5) is 2.32. The number of hydrogen-bond donors (Lipinski definition) is 0. The zero-order chi connectivity index (χ0) is 32.5. The first-order valence-corrected chi connectivity index (χ1v) is 16.9. The molecule has 0 unspecified atom stereocenters. The molecule has 0 radical (unpaired) electrons. The van der Waals surface area contributed by atoms with Gasteiger partial charge in [0.2, 0.25) is 5.88 Å². The monoisotopic (exact) mass is 613 g/mol. The number of hydrogen-bond acceptors (Lipinski definition) is 3. The van der Waals surface area contributed by atoms with Gasteiger partial charge in [0, 0.05) is 27.8 Å². The van der Waals surface area contributed by atoms with Crippen LogP contribution in [0.15, 0.2) is 108 Å². The second-order valence-electron chi connectivity index (χ2n) is 16.1. The lowest BCUT2D eigenvalue weighted by Crippen LogP contribution is -2.59. The minimum absolute atomic E-state index is 0.0258. The van der Waals surface area contributed by atoms with Crippen molar-refractivity contribution in [3.8, 4) is 22.6 Å². The highest BCUT2D eigenvalue weighted by atomic mass is 16.5. The fraction of sp³-hybridized carbons (Fsp3) is 0.256. The molecule has 0 saturated carbocycles. The number of rotatable bonds is 2. The molecule has 4 heteroatoms. The van der Waals surface area contributed by atoms with Crippen LogP contribution in [0.3, 0.4) is 0 Å². The second-order valence-corrected chi connectivity index (χ2v) is 16.1. The summed E-state index contributed by atoms with van der Waals surface area (Å²) in [6, 6.07) is 37.5. The van der Waals surface area contributed by atoms with Crippen LogP contribution in [0.4, 0.5) is 17.3 Å². The molecule has 0 N–H and O–H groups in total. The maximum absolute atomic E-state index is 7.16. The van der Waals surface area contributed by atoms with Gasteiger partial charge in [-0.15, -0.1) is 0 Å². The van der Waals surface area contributed by atoms with Gasteiger partial charge in [-0.1, -0.05) is 121 Å². The van der Waals surface area contributed by atoms with Gasteiger partial charge >= 0.3 is 0 Å². The molecule has 5 aromatic carbocycles. The van der Waals surface area contributed by atoms with Crippen LogP contribution in [0.2, 0.25) is 0 Å². The van der Waals surface area contributed by atoms with Crippen LogP contribution in [0.25, 0.3) is 22.1 Å². The molecule has 9 rings (SSSR count). The maximum atomic E-state index is 7.16. The zero-order valence-electron chi connectivity index (χ0n) is 28.4. The molecule has 1 aromatic heterocycles. The molecule has 0 bridgehead atoms. The van der Waals surface area contributed by atoms with Crippen LogP contribution in [-0.2, 0) is 16.2 Å². The third-order valence-corrected chi connectivity index (χ3v) is 10.9. The van der Waals surface area contributed by atoms with Gasteiger partial charge < -0.3 is 9.15 Å². The summed E-state index contributed by atoms with van der Waals surface area (Å²) in [7, 11) is 0.